The molecule has 21 heavy (non-hydrogen) atoms. The summed E-state index contributed by atoms with van der Waals surface area (Å²) in [7, 11) is -3.81. The van der Waals surface area contributed by atoms with Crippen LogP contribution in [-0.2, 0) is 10.0 Å². The van der Waals surface area contributed by atoms with Crippen molar-refractivity contribution in [3.8, 4) is 0 Å². The molecular formula is C15H22N2O3S. The minimum Gasteiger partial charge on any atom is -0.336 e. The van der Waals surface area contributed by atoms with Crippen molar-refractivity contribution in [2.24, 2.45) is 11.1 Å². The number of benzene rings is 1. The summed E-state index contributed by atoms with van der Waals surface area (Å²) < 4.78 is 23.0. The molecule has 5 nitrogen and oxygen atoms in total. The fourth-order valence-corrected chi connectivity index (χ4v) is 3.41. The number of piperidine rings is 1. The lowest BCUT2D eigenvalue weighted by molar-refractivity contribution is 0.0573. The van der Waals surface area contributed by atoms with Crippen molar-refractivity contribution in [1.29, 1.82) is 0 Å². The van der Waals surface area contributed by atoms with E-state index >= 15 is 0 Å². The number of amides is 1. The van der Waals surface area contributed by atoms with Gasteiger partial charge in [-0.3, -0.25) is 4.79 Å². The number of aryl methyl sites for hydroxylation is 1. The summed E-state index contributed by atoms with van der Waals surface area (Å²) in [6, 6.07) is 4.74. The van der Waals surface area contributed by atoms with Gasteiger partial charge in [0.05, 0.1) is 4.90 Å². The van der Waals surface area contributed by atoms with Crippen molar-refractivity contribution in [1.82, 2.24) is 4.90 Å². The molecule has 1 amide bonds. The fraction of sp³-hybridized carbons (Fsp3) is 0.533. The molecule has 1 heterocycles. The summed E-state index contributed by atoms with van der Waals surface area (Å²) in [4.78, 5) is 14.5. The van der Waals surface area contributed by atoms with Crippen LogP contribution in [0.15, 0.2) is 23.1 Å². The van der Waals surface area contributed by atoms with Crippen molar-refractivity contribution < 1.29 is 13.2 Å². The smallest absolute Gasteiger partial charge is 0.254 e. The molecule has 2 rings (SSSR count). The van der Waals surface area contributed by atoms with Gasteiger partial charge < -0.3 is 4.90 Å². The van der Waals surface area contributed by atoms with Gasteiger partial charge in [0.15, 0.2) is 0 Å². The van der Waals surface area contributed by atoms with Gasteiger partial charge in [0.1, 0.15) is 0 Å². The summed E-state index contributed by atoms with van der Waals surface area (Å²) in [5, 5.41) is 5.17. The third-order valence-corrected chi connectivity index (χ3v) is 4.90. The second-order valence-electron chi connectivity index (χ2n) is 6.07. The van der Waals surface area contributed by atoms with Crippen LogP contribution in [0.25, 0.3) is 0 Å². The quantitative estimate of drug-likeness (QED) is 0.906. The Balaban J connectivity index is 2.37. The number of hydrogen-bond donors (Lipinski definition) is 1. The van der Waals surface area contributed by atoms with E-state index in [9.17, 15) is 13.2 Å². The van der Waals surface area contributed by atoms with Crippen LogP contribution in [0, 0.1) is 12.8 Å². The maximum Gasteiger partial charge on any atom is 0.254 e. The van der Waals surface area contributed by atoms with Crippen molar-refractivity contribution in [3.63, 3.8) is 0 Å². The van der Waals surface area contributed by atoms with Crippen LogP contribution in [-0.4, -0.2) is 31.8 Å². The molecule has 0 aromatic heterocycles. The summed E-state index contributed by atoms with van der Waals surface area (Å²) >= 11 is 0. The van der Waals surface area contributed by atoms with Crippen LogP contribution in [0.1, 0.15) is 42.6 Å². The lowest BCUT2D eigenvalue weighted by atomic mass is 9.94. The van der Waals surface area contributed by atoms with Gasteiger partial charge in [0, 0.05) is 18.2 Å². The summed E-state index contributed by atoms with van der Waals surface area (Å²) in [6.07, 6.45) is 2.09. The molecule has 1 aromatic carbocycles. The van der Waals surface area contributed by atoms with E-state index in [1.165, 1.54) is 12.1 Å². The molecule has 1 aromatic rings. The first-order valence-electron chi connectivity index (χ1n) is 7.14. The fourth-order valence-electron chi connectivity index (χ4n) is 2.77. The van der Waals surface area contributed by atoms with Gasteiger partial charge in [-0.2, -0.15) is 0 Å². The standard InChI is InChI=1S/C15H22N2O3S/c1-10-4-5-12(3)17(9-10)15(18)13-6-11(2)7-14(8-13)21(16,19)20/h6-8,10,12H,4-5,9H2,1-3H3,(H2,16,19,20). The van der Waals surface area contributed by atoms with E-state index in [1.807, 2.05) is 11.8 Å². The third kappa shape index (κ3) is 3.63. The van der Waals surface area contributed by atoms with Gasteiger partial charge in [0.2, 0.25) is 10.0 Å². The van der Waals surface area contributed by atoms with E-state index in [4.69, 9.17) is 5.14 Å². The highest BCUT2D eigenvalue weighted by molar-refractivity contribution is 7.89. The van der Waals surface area contributed by atoms with Gasteiger partial charge in [0.25, 0.3) is 5.91 Å². The highest BCUT2D eigenvalue weighted by Crippen LogP contribution is 2.24. The zero-order valence-corrected chi connectivity index (χ0v) is 13.5. The lowest BCUT2D eigenvalue weighted by Gasteiger charge is -2.37. The Bertz CT molecular complexity index is 655. The monoisotopic (exact) mass is 310 g/mol. The largest absolute Gasteiger partial charge is 0.336 e. The van der Waals surface area contributed by atoms with Crippen molar-refractivity contribution in [2.45, 2.75) is 44.6 Å². The summed E-state index contributed by atoms with van der Waals surface area (Å²) in [5.41, 5.74) is 1.10. The molecule has 0 radical (unpaired) electrons. The number of rotatable bonds is 2. The Morgan fingerprint density at radius 1 is 1.24 bits per heavy atom. The summed E-state index contributed by atoms with van der Waals surface area (Å²) in [5.74, 6) is 0.343. The van der Waals surface area contributed by atoms with Gasteiger partial charge in [-0.15, -0.1) is 0 Å². The van der Waals surface area contributed by atoms with E-state index in [1.54, 1.807) is 13.0 Å². The number of carbonyl (C=O) groups excluding carboxylic acids is 1. The number of primary sulfonamides is 1. The highest BCUT2D eigenvalue weighted by atomic mass is 32.2. The molecule has 1 fully saturated rings. The van der Waals surface area contributed by atoms with Crippen molar-refractivity contribution in [2.75, 3.05) is 6.54 Å². The van der Waals surface area contributed by atoms with E-state index in [0.29, 0.717) is 23.6 Å². The molecule has 0 saturated carbocycles. The Morgan fingerprint density at radius 2 is 1.90 bits per heavy atom. The molecule has 2 atom stereocenters. The van der Waals surface area contributed by atoms with E-state index < -0.39 is 10.0 Å². The first-order chi connectivity index (χ1) is 9.68. The zero-order valence-electron chi connectivity index (χ0n) is 12.7. The average Bonchev–Trinajstić information content (AvgIpc) is 2.39. The molecule has 2 N–H and O–H groups in total. The van der Waals surface area contributed by atoms with Crippen LogP contribution in [0.2, 0.25) is 0 Å². The first-order valence-corrected chi connectivity index (χ1v) is 8.68. The predicted octanol–water partition coefficient (Wildman–Crippen LogP) is 1.90. The van der Waals surface area contributed by atoms with Crippen LogP contribution in [0.3, 0.4) is 0 Å². The minimum atomic E-state index is -3.81. The second kappa shape index (κ2) is 5.77. The lowest BCUT2D eigenvalue weighted by Crippen LogP contribution is -2.45. The molecule has 6 heteroatoms. The topological polar surface area (TPSA) is 80.5 Å². The number of nitrogens with two attached hydrogens (primary N) is 1. The maximum absolute atomic E-state index is 12.7. The minimum absolute atomic E-state index is 0.0106. The molecule has 116 valence electrons. The molecule has 0 aliphatic carbocycles. The maximum atomic E-state index is 12.7. The molecule has 0 spiro atoms. The third-order valence-electron chi connectivity index (χ3n) is 4.00. The number of carbonyl (C=O) groups is 1. The Labute approximate surface area is 126 Å². The van der Waals surface area contributed by atoms with Gasteiger partial charge in [-0.05, 0) is 56.4 Å². The number of likely N-dealkylation sites (tertiary alicyclic amines) is 1. The summed E-state index contributed by atoms with van der Waals surface area (Å²) in [6.45, 7) is 6.62. The first kappa shape index (κ1) is 16.0. The number of hydrogen-bond acceptors (Lipinski definition) is 3. The number of nitrogens with zero attached hydrogens (tertiary/aromatic N) is 1. The molecule has 1 aliphatic heterocycles. The molecule has 2 unspecified atom stereocenters. The zero-order chi connectivity index (χ0) is 15.8. The average molecular weight is 310 g/mol. The number of sulfonamides is 1. The van der Waals surface area contributed by atoms with E-state index in [2.05, 4.69) is 6.92 Å². The van der Waals surface area contributed by atoms with E-state index in [0.717, 1.165) is 12.8 Å². The Morgan fingerprint density at radius 3 is 2.52 bits per heavy atom. The van der Waals surface area contributed by atoms with Crippen molar-refractivity contribution >= 4 is 15.9 Å². The Kier molecular flexibility index (Phi) is 4.39. The molecule has 1 aliphatic rings. The second-order valence-corrected chi connectivity index (χ2v) is 7.63. The predicted molar refractivity (Wildman–Crippen MR) is 81.4 cm³/mol. The van der Waals surface area contributed by atoms with Gasteiger partial charge >= 0.3 is 0 Å². The SMILES string of the molecule is Cc1cc(C(=O)N2CC(C)CCC2C)cc(S(N)(=O)=O)c1. The van der Waals surface area contributed by atoms with E-state index in [-0.39, 0.29) is 16.8 Å². The van der Waals surface area contributed by atoms with Crippen LogP contribution in [0.4, 0.5) is 0 Å². The highest BCUT2D eigenvalue weighted by Gasteiger charge is 2.28. The van der Waals surface area contributed by atoms with Crippen molar-refractivity contribution in [3.05, 3.63) is 29.3 Å². The molecule has 1 saturated heterocycles. The normalized spacial score (nSPS) is 23.1. The Hall–Kier alpha value is -1.40. The van der Waals surface area contributed by atoms with Crippen LogP contribution < -0.4 is 5.14 Å². The van der Waals surface area contributed by atoms with Gasteiger partial charge in [-0.25, -0.2) is 13.6 Å². The van der Waals surface area contributed by atoms with Crippen LogP contribution >= 0.6 is 0 Å². The molecule has 0 bridgehead atoms. The van der Waals surface area contributed by atoms with Crippen LogP contribution in [0.5, 0.6) is 0 Å². The molecular weight excluding hydrogens is 288 g/mol. The van der Waals surface area contributed by atoms with Gasteiger partial charge in [-0.1, -0.05) is 6.92 Å².